The normalized spacial score (nSPS) is 29.2. The molecule has 1 aromatic carbocycles. The van der Waals surface area contributed by atoms with E-state index in [1.165, 1.54) is 6.07 Å². The maximum Gasteiger partial charge on any atom is 0.191 e. The molecule has 3 heterocycles. The van der Waals surface area contributed by atoms with Gasteiger partial charge >= 0.3 is 0 Å². The summed E-state index contributed by atoms with van der Waals surface area (Å²) in [6.45, 7) is 5.96. The number of nitrogens with zero attached hydrogens (tertiary/aromatic N) is 5. The molecule has 1 aliphatic heterocycles. The van der Waals surface area contributed by atoms with Gasteiger partial charge in [-0.2, -0.15) is 0 Å². The van der Waals surface area contributed by atoms with Crippen molar-refractivity contribution < 1.29 is 28.1 Å². The number of anilines is 1. The second-order valence-corrected chi connectivity index (χ2v) is 11.7. The monoisotopic (exact) mass is 562 g/mol. The third-order valence-electron chi connectivity index (χ3n) is 7.34. The van der Waals surface area contributed by atoms with E-state index in [0.717, 1.165) is 30.2 Å². The molecule has 10 nitrogen and oxygen atoms in total. The Labute approximate surface area is 228 Å². The van der Waals surface area contributed by atoms with E-state index in [4.69, 9.17) is 24.2 Å². The number of hydrogen-bond donors (Lipinski definition) is 2. The number of benzene rings is 1. The third-order valence-corrected chi connectivity index (χ3v) is 8.40. The number of aliphatic hydroxyl groups excluding tert-OH is 1. The Balaban J connectivity index is 1.31. The number of aromatic nitrogens is 5. The molecule has 0 bridgehead atoms. The summed E-state index contributed by atoms with van der Waals surface area (Å²) in [5, 5.41) is 22.3. The molecule has 210 valence electrons. The minimum Gasteiger partial charge on any atom is -0.394 e. The van der Waals surface area contributed by atoms with E-state index in [2.05, 4.69) is 22.6 Å². The fraction of sp³-hybridized carbons (Fsp3) is 0.615. The van der Waals surface area contributed by atoms with Crippen LogP contribution in [0, 0.1) is 11.6 Å². The summed E-state index contributed by atoms with van der Waals surface area (Å²) < 4.78 is 47.4. The molecule has 13 heteroatoms. The van der Waals surface area contributed by atoms with Crippen LogP contribution in [0.2, 0.25) is 0 Å². The summed E-state index contributed by atoms with van der Waals surface area (Å²) >= 11 is 1.55. The molecule has 39 heavy (non-hydrogen) atoms. The Morgan fingerprint density at radius 3 is 2.77 bits per heavy atom. The smallest absolute Gasteiger partial charge is 0.191 e. The van der Waals surface area contributed by atoms with E-state index < -0.39 is 17.4 Å². The summed E-state index contributed by atoms with van der Waals surface area (Å²) in [6.07, 6.45) is 1.38. The lowest BCUT2D eigenvalue weighted by molar-refractivity contribution is -0.171. The third kappa shape index (κ3) is 5.22. The fourth-order valence-electron chi connectivity index (χ4n) is 5.55. The van der Waals surface area contributed by atoms with Crippen molar-refractivity contribution in [3.63, 3.8) is 0 Å². The van der Waals surface area contributed by atoms with Gasteiger partial charge in [0.25, 0.3) is 0 Å². The fourth-order valence-corrected chi connectivity index (χ4v) is 6.24. The van der Waals surface area contributed by atoms with E-state index in [9.17, 15) is 13.9 Å². The molecule has 2 saturated carbocycles. The van der Waals surface area contributed by atoms with Gasteiger partial charge in [0.05, 0.1) is 25.4 Å². The van der Waals surface area contributed by atoms with Gasteiger partial charge in [0.2, 0.25) is 0 Å². The maximum atomic E-state index is 13.8. The number of fused-ring (bicyclic) bond motifs is 2. The van der Waals surface area contributed by atoms with Gasteiger partial charge in [-0.05, 0) is 44.4 Å². The molecule has 0 amide bonds. The molecule has 3 aromatic rings. The predicted molar refractivity (Wildman–Crippen MR) is 140 cm³/mol. The van der Waals surface area contributed by atoms with Crippen molar-refractivity contribution in [2.45, 2.75) is 87.3 Å². The average Bonchev–Trinajstić information content (AvgIpc) is 3.24. The van der Waals surface area contributed by atoms with Crippen molar-refractivity contribution >= 4 is 28.7 Å². The first-order valence-corrected chi connectivity index (χ1v) is 14.3. The molecule has 3 aliphatic rings. The summed E-state index contributed by atoms with van der Waals surface area (Å²) in [5.41, 5.74) is 1.85. The highest BCUT2D eigenvalue weighted by atomic mass is 32.2. The van der Waals surface area contributed by atoms with Crippen LogP contribution in [-0.4, -0.2) is 79.2 Å². The number of halogens is 2. The molecule has 6 atom stereocenters. The minimum absolute atomic E-state index is 0.00150. The molecule has 3 fully saturated rings. The molecule has 1 unspecified atom stereocenters. The molecule has 1 saturated heterocycles. The van der Waals surface area contributed by atoms with E-state index in [-0.39, 0.29) is 49.5 Å². The highest BCUT2D eigenvalue weighted by molar-refractivity contribution is 7.99. The van der Waals surface area contributed by atoms with Crippen LogP contribution in [0.5, 0.6) is 0 Å². The maximum absolute atomic E-state index is 13.8. The lowest BCUT2D eigenvalue weighted by Gasteiger charge is -2.23. The van der Waals surface area contributed by atoms with Crippen molar-refractivity contribution in [1.82, 2.24) is 25.0 Å². The SMILES string of the molecule is CCCSc1nc(N[C@@H]2C[C@H]2c2ccc(F)c(F)c2)c2nnn([C@@H]3C[C@H](OCCO)C4OC(C)(C)O[C@@H]43)c2n1. The van der Waals surface area contributed by atoms with Crippen LogP contribution in [0.25, 0.3) is 11.2 Å². The van der Waals surface area contributed by atoms with Gasteiger partial charge in [0, 0.05) is 24.1 Å². The van der Waals surface area contributed by atoms with Gasteiger partial charge in [-0.25, -0.2) is 23.4 Å². The van der Waals surface area contributed by atoms with Gasteiger partial charge < -0.3 is 24.6 Å². The summed E-state index contributed by atoms with van der Waals surface area (Å²) in [7, 11) is 0. The van der Waals surface area contributed by atoms with E-state index in [1.54, 1.807) is 22.5 Å². The van der Waals surface area contributed by atoms with Crippen molar-refractivity contribution in [3.05, 3.63) is 35.4 Å². The minimum atomic E-state index is -0.853. The molecule has 2 N–H and O–H groups in total. The summed E-state index contributed by atoms with van der Waals surface area (Å²) in [6, 6.07) is 3.80. The standard InChI is InChI=1S/C26H32F2N6O4S/c1-4-9-39-25-30-23(29-17-11-14(17)13-5-6-15(27)16(28)10-13)20-24(31-25)34(33-32-20)18-12-19(36-8-7-35)22-21(18)37-26(2,3)38-22/h5-6,10,14,17-19,21-22,35H,4,7-9,11-12H2,1-3H3,(H,29,30,31)/t14-,17+,18+,19-,21+,22?/m0/s1. The van der Waals surface area contributed by atoms with Crippen LogP contribution in [0.15, 0.2) is 23.4 Å². The van der Waals surface area contributed by atoms with Crippen LogP contribution in [-0.2, 0) is 14.2 Å². The van der Waals surface area contributed by atoms with Crippen LogP contribution in [0.4, 0.5) is 14.6 Å². The number of ether oxygens (including phenoxy) is 3. The van der Waals surface area contributed by atoms with Gasteiger partial charge in [-0.15, -0.1) is 5.10 Å². The number of rotatable bonds is 10. The molecular weight excluding hydrogens is 530 g/mol. The zero-order valence-corrected chi connectivity index (χ0v) is 22.8. The summed E-state index contributed by atoms with van der Waals surface area (Å²) in [4.78, 5) is 9.57. The average molecular weight is 563 g/mol. The second kappa shape index (κ2) is 10.5. The van der Waals surface area contributed by atoms with E-state index in [1.807, 2.05) is 13.8 Å². The van der Waals surface area contributed by atoms with Crippen molar-refractivity contribution in [1.29, 1.82) is 0 Å². The molecule has 2 aromatic heterocycles. The number of aliphatic hydroxyl groups is 1. The zero-order valence-electron chi connectivity index (χ0n) is 22.0. The highest BCUT2D eigenvalue weighted by Crippen LogP contribution is 2.46. The van der Waals surface area contributed by atoms with Crippen LogP contribution < -0.4 is 5.32 Å². The van der Waals surface area contributed by atoms with Gasteiger partial charge in [-0.1, -0.05) is 30.0 Å². The molecule has 6 rings (SSSR count). The zero-order chi connectivity index (χ0) is 27.3. The second-order valence-electron chi connectivity index (χ2n) is 10.7. The van der Waals surface area contributed by atoms with Gasteiger partial charge in [0.1, 0.15) is 12.2 Å². The number of nitrogens with one attached hydrogen (secondary N) is 1. The lowest BCUT2D eigenvalue weighted by Crippen LogP contribution is -2.31. The topological polar surface area (TPSA) is 116 Å². The van der Waals surface area contributed by atoms with Crippen molar-refractivity contribution in [2.24, 2.45) is 0 Å². The molecular formula is C26H32F2N6O4S. The van der Waals surface area contributed by atoms with Crippen LogP contribution in [0.1, 0.15) is 57.6 Å². The molecule has 2 aliphatic carbocycles. The molecule has 0 spiro atoms. The first-order valence-electron chi connectivity index (χ1n) is 13.3. The first-order chi connectivity index (χ1) is 18.8. The first kappa shape index (κ1) is 26.8. The highest BCUT2D eigenvalue weighted by Gasteiger charge is 2.56. The van der Waals surface area contributed by atoms with Crippen molar-refractivity contribution in [2.75, 3.05) is 24.3 Å². The predicted octanol–water partition coefficient (Wildman–Crippen LogP) is 3.81. The molecule has 0 radical (unpaired) electrons. The Kier molecular flexibility index (Phi) is 7.21. The van der Waals surface area contributed by atoms with Crippen LogP contribution >= 0.6 is 11.8 Å². The lowest BCUT2D eigenvalue weighted by atomic mass is 10.1. The Morgan fingerprint density at radius 2 is 2.00 bits per heavy atom. The van der Waals surface area contributed by atoms with E-state index >= 15 is 0 Å². The van der Waals surface area contributed by atoms with Crippen LogP contribution in [0.3, 0.4) is 0 Å². The summed E-state index contributed by atoms with van der Waals surface area (Å²) in [5.74, 6) is -1.03. The van der Waals surface area contributed by atoms with Crippen molar-refractivity contribution in [3.8, 4) is 0 Å². The Bertz CT molecular complexity index is 1360. The largest absolute Gasteiger partial charge is 0.394 e. The Morgan fingerprint density at radius 1 is 1.18 bits per heavy atom. The van der Waals surface area contributed by atoms with E-state index in [0.29, 0.717) is 28.6 Å². The van der Waals surface area contributed by atoms with Gasteiger partial charge in [-0.3, -0.25) is 0 Å². The number of hydrogen-bond acceptors (Lipinski definition) is 10. The Hall–Kier alpha value is -2.45. The number of thioether (sulfide) groups is 1. The quantitative estimate of drug-likeness (QED) is 0.279. The van der Waals surface area contributed by atoms with Gasteiger partial charge in [0.15, 0.2) is 39.6 Å².